The van der Waals surface area contributed by atoms with Gasteiger partial charge in [0, 0.05) is 38.6 Å². The summed E-state index contributed by atoms with van der Waals surface area (Å²) >= 11 is 1.65. The Morgan fingerprint density at radius 3 is 2.43 bits per heavy atom. The first-order chi connectivity index (χ1) is 13.6. The van der Waals surface area contributed by atoms with Crippen LogP contribution in [0.3, 0.4) is 0 Å². The predicted molar refractivity (Wildman–Crippen MR) is 111 cm³/mol. The highest BCUT2D eigenvalue weighted by atomic mass is 32.2. The zero-order valence-electron chi connectivity index (χ0n) is 16.9. The number of nitrogens with zero attached hydrogens (tertiary/aromatic N) is 4. The van der Waals surface area contributed by atoms with E-state index in [-0.39, 0.29) is 11.2 Å². The van der Waals surface area contributed by atoms with Gasteiger partial charge in [-0.3, -0.25) is 13.9 Å². The van der Waals surface area contributed by atoms with Crippen molar-refractivity contribution in [1.29, 1.82) is 0 Å². The smallest absolute Gasteiger partial charge is 0.332 e. The van der Waals surface area contributed by atoms with E-state index < -0.39 is 0 Å². The molecule has 4 rings (SSSR count). The SMILES string of the molecule is Cn1c(=O)c2c(SCC[NH+]3CCCC3)nc(C3CCCCC3)nc2n(C)c1=O. The fraction of sp³-hybridized carbons (Fsp3) is 0.700. The molecule has 3 heterocycles. The van der Waals surface area contributed by atoms with Gasteiger partial charge in [0.1, 0.15) is 16.2 Å². The lowest BCUT2D eigenvalue weighted by Crippen LogP contribution is -3.10. The molecule has 152 valence electrons. The second kappa shape index (κ2) is 8.37. The Morgan fingerprint density at radius 1 is 1.00 bits per heavy atom. The number of aromatic nitrogens is 4. The van der Waals surface area contributed by atoms with E-state index in [1.807, 2.05) is 0 Å². The number of hydrogen-bond acceptors (Lipinski definition) is 5. The molecule has 1 saturated carbocycles. The minimum absolute atomic E-state index is 0.288. The largest absolute Gasteiger partial charge is 0.334 e. The maximum Gasteiger partial charge on any atom is 0.332 e. The zero-order chi connectivity index (χ0) is 19.7. The molecule has 0 aromatic carbocycles. The minimum Gasteiger partial charge on any atom is -0.334 e. The molecule has 8 heteroatoms. The molecule has 28 heavy (non-hydrogen) atoms. The van der Waals surface area contributed by atoms with Crippen molar-refractivity contribution >= 4 is 22.8 Å². The summed E-state index contributed by atoms with van der Waals surface area (Å²) < 4.78 is 2.67. The van der Waals surface area contributed by atoms with Gasteiger partial charge in [-0.1, -0.05) is 31.0 Å². The molecule has 1 N–H and O–H groups in total. The highest BCUT2D eigenvalue weighted by molar-refractivity contribution is 7.99. The van der Waals surface area contributed by atoms with Gasteiger partial charge in [-0.25, -0.2) is 14.8 Å². The number of aryl methyl sites for hydroxylation is 1. The molecular formula is C20H30N5O2S+. The van der Waals surface area contributed by atoms with Gasteiger partial charge in [-0.15, -0.1) is 0 Å². The average Bonchev–Trinajstić information content (AvgIpc) is 3.24. The predicted octanol–water partition coefficient (Wildman–Crippen LogP) is 0.846. The quantitative estimate of drug-likeness (QED) is 0.591. The molecule has 0 atom stereocenters. The topological polar surface area (TPSA) is 74.2 Å². The average molecular weight is 405 g/mol. The van der Waals surface area contributed by atoms with Crippen LogP contribution in [0.15, 0.2) is 14.6 Å². The maximum absolute atomic E-state index is 12.9. The van der Waals surface area contributed by atoms with Crippen molar-refractivity contribution in [2.75, 3.05) is 25.4 Å². The number of quaternary nitrogens is 1. The first kappa shape index (κ1) is 19.6. The van der Waals surface area contributed by atoms with Crippen LogP contribution in [0.4, 0.5) is 0 Å². The van der Waals surface area contributed by atoms with Gasteiger partial charge in [0.25, 0.3) is 5.56 Å². The third kappa shape index (κ3) is 3.76. The van der Waals surface area contributed by atoms with Crippen LogP contribution in [0.25, 0.3) is 11.0 Å². The third-order valence-electron chi connectivity index (χ3n) is 6.26. The summed E-state index contributed by atoms with van der Waals surface area (Å²) in [5.41, 5.74) is -0.132. The Hall–Kier alpha value is -1.67. The van der Waals surface area contributed by atoms with E-state index in [4.69, 9.17) is 9.97 Å². The summed E-state index contributed by atoms with van der Waals surface area (Å²) in [4.78, 5) is 36.6. The van der Waals surface area contributed by atoms with Crippen LogP contribution in [0.5, 0.6) is 0 Å². The standard InChI is InChI=1S/C20H29N5O2S/c1-23-17-15(19(26)24(2)20(23)27)18(28-13-12-25-10-6-7-11-25)22-16(21-17)14-8-4-3-5-9-14/h14H,3-13H2,1-2H3/p+1. The van der Waals surface area contributed by atoms with Crippen LogP contribution in [0.2, 0.25) is 0 Å². The Labute approximate surface area is 169 Å². The number of hydrogen-bond donors (Lipinski definition) is 1. The van der Waals surface area contributed by atoms with Crippen LogP contribution in [-0.2, 0) is 14.1 Å². The van der Waals surface area contributed by atoms with Gasteiger partial charge < -0.3 is 4.90 Å². The first-order valence-electron chi connectivity index (χ1n) is 10.5. The maximum atomic E-state index is 12.9. The van der Waals surface area contributed by atoms with Crippen LogP contribution < -0.4 is 16.1 Å². The molecule has 1 aliphatic carbocycles. The highest BCUT2D eigenvalue weighted by Crippen LogP contribution is 2.32. The van der Waals surface area contributed by atoms with E-state index in [1.165, 1.54) is 61.4 Å². The monoisotopic (exact) mass is 404 g/mol. The number of likely N-dealkylation sites (tertiary alicyclic amines) is 1. The van der Waals surface area contributed by atoms with E-state index in [0.29, 0.717) is 17.0 Å². The van der Waals surface area contributed by atoms with Gasteiger partial charge in [-0.2, -0.15) is 0 Å². The second-order valence-corrected chi connectivity index (χ2v) is 9.27. The summed E-state index contributed by atoms with van der Waals surface area (Å²) in [5, 5.41) is 1.24. The van der Waals surface area contributed by atoms with Crippen LogP contribution in [0.1, 0.15) is 56.7 Å². The van der Waals surface area contributed by atoms with E-state index in [1.54, 1.807) is 23.7 Å². The molecule has 2 aromatic heterocycles. The Morgan fingerprint density at radius 2 is 1.71 bits per heavy atom. The van der Waals surface area contributed by atoms with Crippen molar-refractivity contribution in [3.8, 4) is 0 Å². The third-order valence-corrected chi connectivity index (χ3v) is 7.24. The van der Waals surface area contributed by atoms with Crippen molar-refractivity contribution in [2.24, 2.45) is 14.1 Å². The van der Waals surface area contributed by atoms with Crippen LogP contribution in [-0.4, -0.2) is 44.5 Å². The lowest BCUT2D eigenvalue weighted by atomic mass is 9.89. The molecule has 0 unspecified atom stereocenters. The normalized spacial score (nSPS) is 18.9. The Balaban J connectivity index is 1.75. The number of fused-ring (bicyclic) bond motifs is 1. The van der Waals surface area contributed by atoms with Crippen molar-refractivity contribution in [1.82, 2.24) is 19.1 Å². The summed E-state index contributed by atoms with van der Waals surface area (Å²) in [6, 6.07) is 0. The lowest BCUT2D eigenvalue weighted by Gasteiger charge is -2.21. The fourth-order valence-corrected chi connectivity index (χ4v) is 5.57. The van der Waals surface area contributed by atoms with E-state index in [9.17, 15) is 9.59 Å². The van der Waals surface area contributed by atoms with Gasteiger partial charge in [-0.05, 0) is 12.8 Å². The molecular weight excluding hydrogens is 374 g/mol. The number of rotatable bonds is 5. The van der Waals surface area contributed by atoms with E-state index in [2.05, 4.69) is 0 Å². The molecule has 1 saturated heterocycles. The summed E-state index contributed by atoms with van der Waals surface area (Å²) in [6.07, 6.45) is 8.46. The fourth-order valence-electron chi connectivity index (χ4n) is 4.51. The lowest BCUT2D eigenvalue weighted by molar-refractivity contribution is -0.884. The first-order valence-corrected chi connectivity index (χ1v) is 11.5. The summed E-state index contributed by atoms with van der Waals surface area (Å²) in [5.74, 6) is 2.07. The Kier molecular flexibility index (Phi) is 5.87. The van der Waals surface area contributed by atoms with Gasteiger partial charge in [0.15, 0.2) is 5.65 Å². The molecule has 2 fully saturated rings. The highest BCUT2D eigenvalue weighted by Gasteiger charge is 2.24. The molecule has 7 nitrogen and oxygen atoms in total. The molecule has 1 aliphatic heterocycles. The second-order valence-electron chi connectivity index (χ2n) is 8.18. The molecule has 0 amide bonds. The van der Waals surface area contributed by atoms with Crippen molar-refractivity contribution in [2.45, 2.75) is 55.9 Å². The molecule has 0 bridgehead atoms. The van der Waals surface area contributed by atoms with Gasteiger partial charge in [0.2, 0.25) is 0 Å². The van der Waals surface area contributed by atoms with E-state index >= 15 is 0 Å². The number of thioether (sulfide) groups is 1. The van der Waals surface area contributed by atoms with Crippen LogP contribution >= 0.6 is 11.8 Å². The van der Waals surface area contributed by atoms with Gasteiger partial charge in [0.05, 0.1) is 19.6 Å². The van der Waals surface area contributed by atoms with Crippen molar-refractivity contribution in [3.63, 3.8) is 0 Å². The van der Waals surface area contributed by atoms with Crippen LogP contribution in [0, 0.1) is 0 Å². The van der Waals surface area contributed by atoms with E-state index in [0.717, 1.165) is 36.0 Å². The zero-order valence-corrected chi connectivity index (χ0v) is 17.7. The molecule has 2 aromatic rings. The van der Waals surface area contributed by atoms with Gasteiger partial charge >= 0.3 is 5.69 Å². The minimum atomic E-state index is -0.330. The van der Waals surface area contributed by atoms with Crippen molar-refractivity contribution < 1.29 is 4.90 Å². The number of nitrogens with one attached hydrogen (secondary N) is 1. The molecule has 0 spiro atoms. The summed E-state index contributed by atoms with van der Waals surface area (Å²) in [7, 11) is 3.23. The summed E-state index contributed by atoms with van der Waals surface area (Å²) in [6.45, 7) is 3.57. The molecule has 2 aliphatic rings. The Bertz CT molecular complexity index is 971. The molecule has 0 radical (unpaired) electrons. The van der Waals surface area contributed by atoms with Crippen molar-refractivity contribution in [3.05, 3.63) is 26.7 Å².